The number of rotatable bonds is 4. The standard InChI is InChI=1S/C12H20N2O2S/c1-9(11-7-13-10(2)17-11)14-8-12(15)3-5-16-6-4-12/h7,9,14-15H,3-6,8H2,1-2H3. The molecule has 1 aromatic heterocycles. The van der Waals surface area contributed by atoms with Crippen molar-refractivity contribution in [3.63, 3.8) is 0 Å². The van der Waals surface area contributed by atoms with Gasteiger partial charge in [0, 0.05) is 49.7 Å². The molecule has 0 saturated carbocycles. The van der Waals surface area contributed by atoms with Crippen LogP contribution < -0.4 is 5.32 Å². The first-order valence-electron chi connectivity index (χ1n) is 6.05. The van der Waals surface area contributed by atoms with Crippen molar-refractivity contribution in [1.82, 2.24) is 10.3 Å². The van der Waals surface area contributed by atoms with Crippen LogP contribution in [0.25, 0.3) is 0 Å². The van der Waals surface area contributed by atoms with Crippen LogP contribution >= 0.6 is 11.3 Å². The third-order valence-electron chi connectivity index (χ3n) is 3.23. The third kappa shape index (κ3) is 3.48. The van der Waals surface area contributed by atoms with Crippen molar-refractivity contribution in [2.75, 3.05) is 19.8 Å². The second-order valence-electron chi connectivity index (χ2n) is 4.72. The third-order valence-corrected chi connectivity index (χ3v) is 4.32. The van der Waals surface area contributed by atoms with Gasteiger partial charge in [0.15, 0.2) is 0 Å². The number of hydrogen-bond acceptors (Lipinski definition) is 5. The van der Waals surface area contributed by atoms with Crippen molar-refractivity contribution in [3.8, 4) is 0 Å². The van der Waals surface area contributed by atoms with Crippen LogP contribution in [0, 0.1) is 6.92 Å². The van der Waals surface area contributed by atoms with Crippen LogP contribution in [-0.4, -0.2) is 35.5 Å². The minimum atomic E-state index is -0.605. The molecule has 4 nitrogen and oxygen atoms in total. The van der Waals surface area contributed by atoms with Crippen LogP contribution in [0.3, 0.4) is 0 Å². The topological polar surface area (TPSA) is 54.4 Å². The lowest BCUT2D eigenvalue weighted by Crippen LogP contribution is -2.45. The molecule has 2 rings (SSSR count). The van der Waals surface area contributed by atoms with Gasteiger partial charge in [-0.15, -0.1) is 11.3 Å². The number of ether oxygens (including phenoxy) is 1. The second kappa shape index (κ2) is 5.44. The Hall–Kier alpha value is -0.490. The molecular weight excluding hydrogens is 236 g/mol. The molecule has 96 valence electrons. The summed E-state index contributed by atoms with van der Waals surface area (Å²) in [6, 6.07) is 0.244. The number of aromatic nitrogens is 1. The van der Waals surface area contributed by atoms with Crippen molar-refractivity contribution in [2.45, 2.75) is 38.3 Å². The molecule has 2 heterocycles. The Bertz CT molecular complexity index is 361. The average Bonchev–Trinajstić information content (AvgIpc) is 2.74. The molecule has 1 saturated heterocycles. The van der Waals surface area contributed by atoms with Crippen molar-refractivity contribution in [2.24, 2.45) is 0 Å². The fourth-order valence-electron chi connectivity index (χ4n) is 1.95. The highest BCUT2D eigenvalue weighted by Crippen LogP contribution is 2.23. The van der Waals surface area contributed by atoms with Crippen LogP contribution in [-0.2, 0) is 4.74 Å². The highest BCUT2D eigenvalue weighted by atomic mass is 32.1. The summed E-state index contributed by atoms with van der Waals surface area (Å²) in [6.07, 6.45) is 3.34. The van der Waals surface area contributed by atoms with Gasteiger partial charge in [-0.3, -0.25) is 0 Å². The van der Waals surface area contributed by atoms with Gasteiger partial charge < -0.3 is 15.2 Å². The van der Waals surface area contributed by atoms with Gasteiger partial charge >= 0.3 is 0 Å². The molecule has 0 bridgehead atoms. The monoisotopic (exact) mass is 256 g/mol. The molecule has 1 aromatic rings. The van der Waals surface area contributed by atoms with E-state index in [1.54, 1.807) is 11.3 Å². The van der Waals surface area contributed by atoms with E-state index in [4.69, 9.17) is 4.74 Å². The minimum absolute atomic E-state index is 0.244. The van der Waals surface area contributed by atoms with E-state index >= 15 is 0 Å². The van der Waals surface area contributed by atoms with Gasteiger partial charge in [0.1, 0.15) is 0 Å². The summed E-state index contributed by atoms with van der Waals surface area (Å²) in [6.45, 7) is 6.05. The summed E-state index contributed by atoms with van der Waals surface area (Å²) in [7, 11) is 0. The fourth-order valence-corrected chi connectivity index (χ4v) is 2.76. The zero-order chi connectivity index (χ0) is 12.3. The van der Waals surface area contributed by atoms with E-state index in [9.17, 15) is 5.11 Å². The molecule has 17 heavy (non-hydrogen) atoms. The molecular formula is C12H20N2O2S. The molecule has 0 aromatic carbocycles. The maximum atomic E-state index is 10.3. The second-order valence-corrected chi connectivity index (χ2v) is 5.99. The molecule has 1 fully saturated rings. The smallest absolute Gasteiger partial charge is 0.0897 e. The van der Waals surface area contributed by atoms with E-state index in [2.05, 4.69) is 17.2 Å². The number of aryl methyl sites for hydroxylation is 1. The molecule has 0 amide bonds. The van der Waals surface area contributed by atoms with E-state index in [1.807, 2.05) is 13.1 Å². The van der Waals surface area contributed by atoms with Crippen molar-refractivity contribution < 1.29 is 9.84 Å². The van der Waals surface area contributed by atoms with Crippen molar-refractivity contribution in [3.05, 3.63) is 16.1 Å². The zero-order valence-electron chi connectivity index (χ0n) is 10.4. The number of thiazole rings is 1. The lowest BCUT2D eigenvalue weighted by molar-refractivity contribution is -0.0625. The van der Waals surface area contributed by atoms with Crippen LogP contribution in [0.5, 0.6) is 0 Å². The minimum Gasteiger partial charge on any atom is -0.388 e. The van der Waals surface area contributed by atoms with Gasteiger partial charge in [-0.2, -0.15) is 0 Å². The van der Waals surface area contributed by atoms with Gasteiger partial charge in [-0.1, -0.05) is 0 Å². The van der Waals surface area contributed by atoms with Gasteiger partial charge in [0.2, 0.25) is 0 Å². The van der Waals surface area contributed by atoms with E-state index < -0.39 is 5.60 Å². The Kier molecular flexibility index (Phi) is 4.14. The molecule has 1 aliphatic heterocycles. The number of nitrogens with zero attached hydrogens (tertiary/aromatic N) is 1. The molecule has 0 spiro atoms. The van der Waals surface area contributed by atoms with E-state index in [1.165, 1.54) is 4.88 Å². The first-order chi connectivity index (χ1) is 8.09. The summed E-state index contributed by atoms with van der Waals surface area (Å²) in [5.41, 5.74) is -0.605. The van der Waals surface area contributed by atoms with E-state index in [-0.39, 0.29) is 6.04 Å². The number of aliphatic hydroxyl groups is 1. The Morgan fingerprint density at radius 3 is 2.88 bits per heavy atom. The summed E-state index contributed by atoms with van der Waals surface area (Å²) in [4.78, 5) is 5.47. The van der Waals surface area contributed by atoms with Gasteiger partial charge in [0.05, 0.1) is 10.6 Å². The lowest BCUT2D eigenvalue weighted by Gasteiger charge is -2.33. The summed E-state index contributed by atoms with van der Waals surface area (Å²) < 4.78 is 5.26. The first-order valence-corrected chi connectivity index (χ1v) is 6.87. The Labute approximate surface area is 106 Å². The number of hydrogen-bond donors (Lipinski definition) is 2. The first kappa shape index (κ1) is 13.0. The maximum absolute atomic E-state index is 10.3. The molecule has 0 aliphatic carbocycles. The highest BCUT2D eigenvalue weighted by Gasteiger charge is 2.29. The summed E-state index contributed by atoms with van der Waals surface area (Å²) >= 11 is 1.70. The molecule has 5 heteroatoms. The number of nitrogens with one attached hydrogen (secondary N) is 1. The largest absolute Gasteiger partial charge is 0.388 e. The summed E-state index contributed by atoms with van der Waals surface area (Å²) in [5, 5.41) is 14.8. The molecule has 1 unspecified atom stereocenters. The highest BCUT2D eigenvalue weighted by molar-refractivity contribution is 7.11. The zero-order valence-corrected chi connectivity index (χ0v) is 11.2. The quantitative estimate of drug-likeness (QED) is 0.860. The van der Waals surface area contributed by atoms with Gasteiger partial charge in [0.25, 0.3) is 0 Å². The summed E-state index contributed by atoms with van der Waals surface area (Å²) in [5.74, 6) is 0. The predicted octanol–water partition coefficient (Wildman–Crippen LogP) is 1.64. The fraction of sp³-hybridized carbons (Fsp3) is 0.750. The van der Waals surface area contributed by atoms with Crippen LogP contribution in [0.2, 0.25) is 0 Å². The Morgan fingerprint density at radius 2 is 2.29 bits per heavy atom. The van der Waals surface area contributed by atoms with E-state index in [0.29, 0.717) is 32.6 Å². The molecule has 0 radical (unpaired) electrons. The van der Waals surface area contributed by atoms with Crippen LogP contribution in [0.15, 0.2) is 6.20 Å². The normalized spacial score (nSPS) is 21.4. The lowest BCUT2D eigenvalue weighted by atomic mass is 9.94. The van der Waals surface area contributed by atoms with Crippen molar-refractivity contribution in [1.29, 1.82) is 0 Å². The van der Waals surface area contributed by atoms with Gasteiger partial charge in [-0.25, -0.2) is 4.98 Å². The SMILES string of the molecule is Cc1ncc(C(C)NCC2(O)CCOCC2)s1. The average molecular weight is 256 g/mol. The van der Waals surface area contributed by atoms with Crippen LogP contribution in [0.1, 0.15) is 35.7 Å². The maximum Gasteiger partial charge on any atom is 0.0897 e. The van der Waals surface area contributed by atoms with Crippen molar-refractivity contribution >= 4 is 11.3 Å². The van der Waals surface area contributed by atoms with Gasteiger partial charge in [-0.05, 0) is 13.8 Å². The molecule has 1 atom stereocenters. The van der Waals surface area contributed by atoms with Crippen LogP contribution in [0.4, 0.5) is 0 Å². The molecule has 2 N–H and O–H groups in total. The molecule has 1 aliphatic rings. The predicted molar refractivity (Wildman–Crippen MR) is 68.3 cm³/mol. The van der Waals surface area contributed by atoms with E-state index in [0.717, 1.165) is 5.01 Å². The Morgan fingerprint density at radius 1 is 1.59 bits per heavy atom. The Balaban J connectivity index is 1.85.